The molecule has 0 spiro atoms. The first kappa shape index (κ1) is 16.9. The first-order chi connectivity index (χ1) is 12.6. The van der Waals surface area contributed by atoms with Crippen LogP contribution in [0.1, 0.15) is 6.23 Å². The molecule has 3 aromatic rings. The first-order valence-corrected chi connectivity index (χ1v) is 8.16. The second-order valence-corrected chi connectivity index (χ2v) is 6.06. The molecule has 0 unspecified atom stereocenters. The summed E-state index contributed by atoms with van der Waals surface area (Å²) < 4.78 is 12.8. The van der Waals surface area contributed by atoms with Crippen molar-refractivity contribution in [1.82, 2.24) is 19.5 Å². The summed E-state index contributed by atoms with van der Waals surface area (Å²) in [5.74, 6) is 0.711. The highest BCUT2D eigenvalue weighted by Gasteiger charge is 2.45. The van der Waals surface area contributed by atoms with Crippen molar-refractivity contribution in [2.45, 2.75) is 24.5 Å². The molecule has 26 heavy (non-hydrogen) atoms. The van der Waals surface area contributed by atoms with Crippen LogP contribution in [0, 0.1) is 0 Å². The molecule has 0 amide bonds. The molecule has 3 heterocycles. The minimum absolute atomic E-state index is 0.249. The largest absolute Gasteiger partial charge is 0.394 e. The third-order valence-electron chi connectivity index (χ3n) is 4.52. The molecular weight excluding hydrogens is 338 g/mol. The van der Waals surface area contributed by atoms with E-state index in [1.807, 2.05) is 30.3 Å². The molecular formula is C17H19N5O4. The van der Waals surface area contributed by atoms with Gasteiger partial charge in [-0.3, -0.25) is 4.57 Å². The Bertz CT molecular complexity index is 916. The zero-order chi connectivity index (χ0) is 18.3. The fourth-order valence-electron chi connectivity index (χ4n) is 3.19. The predicted molar refractivity (Wildman–Crippen MR) is 93.0 cm³/mol. The lowest BCUT2D eigenvalue weighted by Crippen LogP contribution is -2.34. The number of imidazole rings is 1. The zero-order valence-electron chi connectivity index (χ0n) is 14.1. The fourth-order valence-corrected chi connectivity index (χ4v) is 3.19. The van der Waals surface area contributed by atoms with Gasteiger partial charge in [0.05, 0.1) is 12.9 Å². The minimum Gasteiger partial charge on any atom is -0.394 e. The van der Waals surface area contributed by atoms with E-state index in [2.05, 4.69) is 15.0 Å². The summed E-state index contributed by atoms with van der Waals surface area (Å²) in [5.41, 5.74) is 7.79. The van der Waals surface area contributed by atoms with Gasteiger partial charge in [-0.05, 0) is 0 Å². The standard InChI is InChI=1S/C17H19N5O4/c1-25-13-12(24)10(7-23)26-17(13)22-8-19-11-14(18)20-15(21-16(11)22)9-5-3-2-4-6-9/h2-6,8,10,12-13,17,23-24H,7H2,1H3,(H2,18,20,21)/t10-,12-,13-,17-/m1/s1. The Morgan fingerprint density at radius 1 is 1.27 bits per heavy atom. The normalized spacial score (nSPS) is 25.8. The summed E-state index contributed by atoms with van der Waals surface area (Å²) in [5, 5.41) is 19.7. The van der Waals surface area contributed by atoms with Gasteiger partial charge in [-0.15, -0.1) is 0 Å². The molecule has 1 aromatic carbocycles. The summed E-state index contributed by atoms with van der Waals surface area (Å²) in [4.78, 5) is 13.2. The topological polar surface area (TPSA) is 129 Å². The van der Waals surface area contributed by atoms with E-state index in [1.54, 1.807) is 4.57 Å². The van der Waals surface area contributed by atoms with Crippen LogP contribution in [0.25, 0.3) is 22.6 Å². The van der Waals surface area contributed by atoms with Crippen LogP contribution in [0.3, 0.4) is 0 Å². The summed E-state index contributed by atoms with van der Waals surface area (Å²) in [7, 11) is 1.47. The van der Waals surface area contributed by atoms with Crippen LogP contribution in [-0.4, -0.2) is 61.8 Å². The maximum Gasteiger partial charge on any atom is 0.168 e. The van der Waals surface area contributed by atoms with Gasteiger partial charge in [0.1, 0.15) is 23.8 Å². The quantitative estimate of drug-likeness (QED) is 0.610. The second-order valence-electron chi connectivity index (χ2n) is 6.06. The molecule has 0 bridgehead atoms. The van der Waals surface area contributed by atoms with Crippen LogP contribution < -0.4 is 5.73 Å². The van der Waals surface area contributed by atoms with E-state index in [1.165, 1.54) is 13.4 Å². The maximum absolute atomic E-state index is 10.3. The predicted octanol–water partition coefficient (Wildman–Crippen LogP) is 0.341. The average molecular weight is 357 g/mol. The lowest BCUT2D eigenvalue weighted by atomic mass is 10.1. The van der Waals surface area contributed by atoms with Gasteiger partial charge in [0.2, 0.25) is 0 Å². The lowest BCUT2D eigenvalue weighted by molar-refractivity contribution is -0.0583. The van der Waals surface area contributed by atoms with E-state index in [-0.39, 0.29) is 12.4 Å². The molecule has 0 saturated carbocycles. The maximum atomic E-state index is 10.3. The number of benzene rings is 1. The molecule has 4 rings (SSSR count). The van der Waals surface area contributed by atoms with Crippen molar-refractivity contribution < 1.29 is 19.7 Å². The highest BCUT2D eigenvalue weighted by molar-refractivity contribution is 5.83. The highest BCUT2D eigenvalue weighted by atomic mass is 16.6. The second kappa shape index (κ2) is 6.61. The van der Waals surface area contributed by atoms with Crippen molar-refractivity contribution >= 4 is 17.0 Å². The van der Waals surface area contributed by atoms with Crippen molar-refractivity contribution in [2.24, 2.45) is 0 Å². The smallest absolute Gasteiger partial charge is 0.168 e. The number of ether oxygens (including phenoxy) is 2. The average Bonchev–Trinajstić information content (AvgIpc) is 3.23. The zero-order valence-corrected chi connectivity index (χ0v) is 14.1. The number of hydrogen-bond donors (Lipinski definition) is 3. The molecule has 9 nitrogen and oxygen atoms in total. The fraction of sp³-hybridized carbons (Fsp3) is 0.353. The molecule has 1 aliphatic heterocycles. The van der Waals surface area contributed by atoms with Gasteiger partial charge in [0.15, 0.2) is 23.5 Å². The summed E-state index contributed by atoms with van der Waals surface area (Å²) in [6.45, 7) is -0.323. The monoisotopic (exact) mass is 357 g/mol. The lowest BCUT2D eigenvalue weighted by Gasteiger charge is -2.20. The number of rotatable bonds is 4. The molecule has 1 saturated heterocycles. The van der Waals surface area contributed by atoms with E-state index < -0.39 is 24.5 Å². The summed E-state index contributed by atoms with van der Waals surface area (Å²) in [6.07, 6.45) is -1.58. The van der Waals surface area contributed by atoms with Gasteiger partial charge in [-0.1, -0.05) is 30.3 Å². The van der Waals surface area contributed by atoms with E-state index in [0.29, 0.717) is 17.0 Å². The van der Waals surface area contributed by atoms with E-state index in [4.69, 9.17) is 15.2 Å². The van der Waals surface area contributed by atoms with E-state index >= 15 is 0 Å². The number of methoxy groups -OCH3 is 1. The van der Waals surface area contributed by atoms with Crippen molar-refractivity contribution in [2.75, 3.05) is 19.5 Å². The van der Waals surface area contributed by atoms with Crippen LogP contribution >= 0.6 is 0 Å². The van der Waals surface area contributed by atoms with Gasteiger partial charge in [-0.2, -0.15) is 0 Å². The molecule has 136 valence electrons. The van der Waals surface area contributed by atoms with Gasteiger partial charge in [0, 0.05) is 12.7 Å². The molecule has 0 radical (unpaired) electrons. The third-order valence-corrected chi connectivity index (χ3v) is 4.52. The Hall–Kier alpha value is -2.59. The number of fused-ring (bicyclic) bond motifs is 1. The summed E-state index contributed by atoms with van der Waals surface area (Å²) >= 11 is 0. The van der Waals surface area contributed by atoms with Crippen molar-refractivity contribution in [3.8, 4) is 11.4 Å². The van der Waals surface area contributed by atoms with Crippen LogP contribution in [0.15, 0.2) is 36.7 Å². The number of nitrogens with zero attached hydrogens (tertiary/aromatic N) is 4. The van der Waals surface area contributed by atoms with Gasteiger partial charge in [-0.25, -0.2) is 15.0 Å². The van der Waals surface area contributed by atoms with E-state index in [0.717, 1.165) is 5.56 Å². The first-order valence-electron chi connectivity index (χ1n) is 8.16. The molecule has 4 atom stereocenters. The van der Waals surface area contributed by atoms with Crippen molar-refractivity contribution in [3.05, 3.63) is 36.7 Å². The van der Waals surface area contributed by atoms with E-state index in [9.17, 15) is 10.2 Å². The molecule has 0 aliphatic carbocycles. The molecule has 2 aromatic heterocycles. The SMILES string of the molecule is CO[C@@H]1[C@H](O)[C@@H](CO)O[C@H]1n1cnc2c(N)nc(-c3ccccc3)nc21. The molecule has 1 aliphatic rings. The number of aromatic nitrogens is 4. The van der Waals surface area contributed by atoms with Crippen molar-refractivity contribution in [3.63, 3.8) is 0 Å². The number of nitrogen functional groups attached to an aromatic ring is 1. The highest BCUT2D eigenvalue weighted by Crippen LogP contribution is 2.34. The number of anilines is 1. The Morgan fingerprint density at radius 3 is 2.73 bits per heavy atom. The Kier molecular flexibility index (Phi) is 4.29. The van der Waals surface area contributed by atoms with Crippen LogP contribution in [0.5, 0.6) is 0 Å². The Labute approximate surface area is 149 Å². The number of aliphatic hydroxyl groups is 2. The van der Waals surface area contributed by atoms with Gasteiger partial charge in [0.25, 0.3) is 0 Å². The third kappa shape index (κ3) is 2.61. The minimum atomic E-state index is -0.972. The van der Waals surface area contributed by atoms with Crippen LogP contribution in [-0.2, 0) is 9.47 Å². The van der Waals surface area contributed by atoms with Crippen LogP contribution in [0.4, 0.5) is 5.82 Å². The Balaban J connectivity index is 1.83. The molecule has 9 heteroatoms. The number of aliphatic hydroxyl groups excluding tert-OH is 2. The molecule has 4 N–H and O–H groups in total. The van der Waals surface area contributed by atoms with Gasteiger partial charge < -0.3 is 25.4 Å². The van der Waals surface area contributed by atoms with Crippen LogP contribution in [0.2, 0.25) is 0 Å². The number of nitrogens with two attached hydrogens (primary N) is 1. The Morgan fingerprint density at radius 2 is 2.04 bits per heavy atom. The van der Waals surface area contributed by atoms with Gasteiger partial charge >= 0.3 is 0 Å². The van der Waals surface area contributed by atoms with Crippen molar-refractivity contribution in [1.29, 1.82) is 0 Å². The number of hydrogen-bond acceptors (Lipinski definition) is 8. The summed E-state index contributed by atoms with van der Waals surface area (Å²) in [6, 6.07) is 9.45. The molecule has 1 fully saturated rings.